The Balaban J connectivity index is 0.000000199. The summed E-state index contributed by atoms with van der Waals surface area (Å²) in [6.45, 7) is 2.08. The third-order valence-electron chi connectivity index (χ3n) is 2.26. The minimum atomic E-state index is -1.08. The van der Waals surface area contributed by atoms with Gasteiger partial charge >= 0.3 is 5.97 Å². The van der Waals surface area contributed by atoms with Crippen molar-refractivity contribution in [1.29, 1.82) is 0 Å². The molecule has 0 aromatic heterocycles. The second-order valence-electron chi connectivity index (χ2n) is 3.66. The van der Waals surface area contributed by atoms with Crippen LogP contribution in [0, 0.1) is 6.92 Å². The molecule has 0 saturated heterocycles. The number of aryl methyl sites for hydroxylation is 1. The van der Waals surface area contributed by atoms with Gasteiger partial charge in [0.25, 0.3) is 0 Å². The van der Waals surface area contributed by atoms with E-state index in [0.29, 0.717) is 6.29 Å². The van der Waals surface area contributed by atoms with Crippen molar-refractivity contribution in [2.24, 2.45) is 0 Å². The fourth-order valence-electron chi connectivity index (χ4n) is 1.33. The number of aldehydes is 1. The first-order chi connectivity index (χ1) is 8.65. The van der Waals surface area contributed by atoms with E-state index in [1.165, 1.54) is 17.7 Å². The lowest BCUT2D eigenvalue weighted by Gasteiger charge is -1.95. The van der Waals surface area contributed by atoms with Gasteiger partial charge in [-0.15, -0.1) is 0 Å². The van der Waals surface area contributed by atoms with Gasteiger partial charge in [-0.05, 0) is 13.0 Å². The lowest BCUT2D eigenvalue weighted by atomic mass is 10.1. The topological polar surface area (TPSA) is 54.4 Å². The molecule has 2 aromatic carbocycles. The molecule has 0 amide bonds. The molecule has 0 saturated carbocycles. The van der Waals surface area contributed by atoms with E-state index in [-0.39, 0.29) is 11.1 Å². The minimum Gasteiger partial charge on any atom is -0.478 e. The number of hydrogen-bond donors (Lipinski definition) is 1. The molecular weight excluding hydrogens is 228 g/mol. The number of rotatable bonds is 2. The molecule has 0 fully saturated rings. The van der Waals surface area contributed by atoms with Crippen LogP contribution in [-0.2, 0) is 0 Å². The van der Waals surface area contributed by atoms with Gasteiger partial charge in [0.05, 0.1) is 5.56 Å². The van der Waals surface area contributed by atoms with Crippen molar-refractivity contribution in [3.05, 3.63) is 71.3 Å². The van der Waals surface area contributed by atoms with Crippen LogP contribution >= 0.6 is 0 Å². The fourth-order valence-corrected chi connectivity index (χ4v) is 1.33. The first kappa shape index (κ1) is 13.6. The van der Waals surface area contributed by atoms with Crippen molar-refractivity contribution in [3.63, 3.8) is 0 Å². The highest BCUT2D eigenvalue weighted by Crippen LogP contribution is 2.04. The van der Waals surface area contributed by atoms with Crippen molar-refractivity contribution in [3.8, 4) is 0 Å². The largest absolute Gasteiger partial charge is 0.478 e. The third kappa shape index (κ3) is 4.22. The molecule has 2 aromatic rings. The normalized spacial score (nSPS) is 8.94. The van der Waals surface area contributed by atoms with Crippen LogP contribution in [0.25, 0.3) is 0 Å². The average molecular weight is 242 g/mol. The summed E-state index contributed by atoms with van der Waals surface area (Å²) in [6.07, 6.45) is 0.531. The van der Waals surface area contributed by atoms with Crippen LogP contribution in [0.5, 0.6) is 0 Å². The molecule has 0 bridgehead atoms. The van der Waals surface area contributed by atoms with Crippen molar-refractivity contribution in [2.45, 2.75) is 6.92 Å². The quantitative estimate of drug-likeness (QED) is 0.823. The van der Waals surface area contributed by atoms with E-state index in [1.807, 2.05) is 18.2 Å². The molecule has 18 heavy (non-hydrogen) atoms. The molecule has 0 heterocycles. The van der Waals surface area contributed by atoms with Crippen LogP contribution in [0.2, 0.25) is 0 Å². The molecule has 2 rings (SSSR count). The van der Waals surface area contributed by atoms with Crippen LogP contribution < -0.4 is 0 Å². The van der Waals surface area contributed by atoms with E-state index < -0.39 is 5.97 Å². The lowest BCUT2D eigenvalue weighted by Crippen LogP contribution is -2.00. The summed E-state index contributed by atoms with van der Waals surface area (Å²) in [5, 5.41) is 8.54. The number of benzene rings is 2. The first-order valence-electron chi connectivity index (χ1n) is 5.44. The van der Waals surface area contributed by atoms with E-state index >= 15 is 0 Å². The summed E-state index contributed by atoms with van der Waals surface area (Å²) in [5.41, 5.74) is 1.57. The standard InChI is InChI=1S/C8H6O3.C7H8/c9-5-6-3-1-2-4-7(6)8(10)11;1-7-5-3-2-4-6-7/h1-5H,(H,10,11);2-6H,1H3. The summed E-state index contributed by atoms with van der Waals surface area (Å²) in [7, 11) is 0. The summed E-state index contributed by atoms with van der Waals surface area (Å²) in [4.78, 5) is 20.7. The fraction of sp³-hybridized carbons (Fsp3) is 0.0667. The Kier molecular flexibility index (Phi) is 5.32. The van der Waals surface area contributed by atoms with Gasteiger partial charge in [-0.3, -0.25) is 4.79 Å². The molecule has 3 heteroatoms. The minimum absolute atomic E-state index is 0.0440. The monoisotopic (exact) mass is 242 g/mol. The highest BCUT2D eigenvalue weighted by atomic mass is 16.4. The zero-order valence-corrected chi connectivity index (χ0v) is 10.0. The maximum atomic E-state index is 10.4. The van der Waals surface area contributed by atoms with Gasteiger partial charge < -0.3 is 5.11 Å². The Morgan fingerprint density at radius 3 is 1.94 bits per heavy atom. The number of hydrogen-bond acceptors (Lipinski definition) is 2. The molecule has 0 radical (unpaired) electrons. The van der Waals surface area contributed by atoms with Crippen LogP contribution in [0.3, 0.4) is 0 Å². The van der Waals surface area contributed by atoms with Gasteiger partial charge in [0.2, 0.25) is 0 Å². The van der Waals surface area contributed by atoms with Gasteiger partial charge in [-0.1, -0.05) is 54.1 Å². The second kappa shape index (κ2) is 7.01. The third-order valence-corrected chi connectivity index (χ3v) is 2.26. The van der Waals surface area contributed by atoms with E-state index in [0.717, 1.165) is 0 Å². The molecule has 0 unspecified atom stereocenters. The Hall–Kier alpha value is -2.42. The van der Waals surface area contributed by atoms with Gasteiger partial charge in [-0.25, -0.2) is 4.79 Å². The highest BCUT2D eigenvalue weighted by molar-refractivity contribution is 5.96. The molecule has 0 aliphatic rings. The van der Waals surface area contributed by atoms with Crippen molar-refractivity contribution in [1.82, 2.24) is 0 Å². The second-order valence-corrected chi connectivity index (χ2v) is 3.66. The summed E-state index contributed by atoms with van der Waals surface area (Å²) < 4.78 is 0. The Bertz CT molecular complexity index is 518. The molecule has 1 N–H and O–H groups in total. The summed E-state index contributed by atoms with van der Waals surface area (Å²) in [5.74, 6) is -1.08. The Morgan fingerprint density at radius 1 is 1.00 bits per heavy atom. The van der Waals surface area contributed by atoms with Gasteiger partial charge in [-0.2, -0.15) is 0 Å². The number of carbonyl (C=O) groups is 2. The average Bonchev–Trinajstić information content (AvgIpc) is 2.40. The predicted octanol–water partition coefficient (Wildman–Crippen LogP) is 3.19. The number of aromatic carboxylic acids is 1. The Labute approximate surface area is 106 Å². The molecule has 0 aliphatic carbocycles. The van der Waals surface area contributed by atoms with E-state index in [2.05, 4.69) is 19.1 Å². The molecule has 0 atom stereocenters. The number of carbonyl (C=O) groups excluding carboxylic acids is 1. The summed E-state index contributed by atoms with van der Waals surface area (Å²) in [6, 6.07) is 16.3. The van der Waals surface area contributed by atoms with Crippen molar-refractivity contribution < 1.29 is 14.7 Å². The molecule has 0 aliphatic heterocycles. The predicted molar refractivity (Wildman–Crippen MR) is 70.0 cm³/mol. The van der Waals surface area contributed by atoms with Crippen molar-refractivity contribution >= 4 is 12.3 Å². The van der Waals surface area contributed by atoms with Gasteiger partial charge in [0.1, 0.15) is 0 Å². The van der Waals surface area contributed by atoms with Crippen LogP contribution in [0.1, 0.15) is 26.3 Å². The molecule has 0 spiro atoms. The van der Waals surface area contributed by atoms with E-state index in [9.17, 15) is 9.59 Å². The van der Waals surface area contributed by atoms with Crippen LogP contribution in [0.15, 0.2) is 54.6 Å². The number of carboxylic acid groups (broad SMARTS) is 1. The Morgan fingerprint density at radius 2 is 1.56 bits per heavy atom. The van der Waals surface area contributed by atoms with Gasteiger partial charge in [0.15, 0.2) is 6.29 Å². The van der Waals surface area contributed by atoms with E-state index in [4.69, 9.17) is 5.11 Å². The maximum absolute atomic E-state index is 10.4. The van der Waals surface area contributed by atoms with Gasteiger partial charge in [0, 0.05) is 5.56 Å². The SMILES string of the molecule is Cc1ccccc1.O=Cc1ccccc1C(=O)O. The zero-order chi connectivity index (χ0) is 13.4. The van der Waals surface area contributed by atoms with E-state index in [1.54, 1.807) is 12.1 Å². The molecular formula is C15H14O3. The lowest BCUT2D eigenvalue weighted by molar-refractivity contribution is 0.0694. The van der Waals surface area contributed by atoms with Crippen LogP contribution in [-0.4, -0.2) is 17.4 Å². The van der Waals surface area contributed by atoms with Crippen molar-refractivity contribution in [2.75, 3.05) is 0 Å². The first-order valence-corrected chi connectivity index (χ1v) is 5.44. The highest BCUT2D eigenvalue weighted by Gasteiger charge is 2.06. The zero-order valence-electron chi connectivity index (χ0n) is 10.0. The summed E-state index contributed by atoms with van der Waals surface area (Å²) >= 11 is 0. The molecule has 3 nitrogen and oxygen atoms in total. The number of carboxylic acids is 1. The maximum Gasteiger partial charge on any atom is 0.336 e. The smallest absolute Gasteiger partial charge is 0.336 e. The molecule has 92 valence electrons. The van der Waals surface area contributed by atoms with Crippen LogP contribution in [0.4, 0.5) is 0 Å².